The van der Waals surface area contributed by atoms with Gasteiger partial charge in [0.15, 0.2) is 0 Å². The van der Waals surface area contributed by atoms with Crippen LogP contribution in [0.15, 0.2) is 12.3 Å². The van der Waals surface area contributed by atoms with Crippen molar-refractivity contribution in [2.45, 2.75) is 18.9 Å². The molecule has 0 aromatic carbocycles. The van der Waals surface area contributed by atoms with Gasteiger partial charge < -0.3 is 9.47 Å². The number of aromatic nitrogens is 2. The first-order valence-corrected chi connectivity index (χ1v) is 7.82. The molecule has 1 aliphatic rings. The van der Waals surface area contributed by atoms with E-state index in [1.54, 1.807) is 12.3 Å². The fraction of sp³-hybridized carbons (Fsp3) is 0.636. The van der Waals surface area contributed by atoms with Crippen molar-refractivity contribution < 1.29 is 17.9 Å². The average molecular weight is 287 g/mol. The van der Waals surface area contributed by atoms with Gasteiger partial charge in [-0.25, -0.2) is 13.4 Å². The third-order valence-electron chi connectivity index (χ3n) is 2.89. The Labute approximate surface area is 112 Å². The summed E-state index contributed by atoms with van der Waals surface area (Å²) in [6.45, 7) is 0.900. The van der Waals surface area contributed by atoms with Gasteiger partial charge in [0.25, 0.3) is 0 Å². The lowest BCUT2D eigenvalue weighted by Crippen LogP contribution is -2.43. The molecule has 0 aliphatic carbocycles. The van der Waals surface area contributed by atoms with Crippen LogP contribution in [-0.2, 0) is 10.0 Å². The molecule has 19 heavy (non-hydrogen) atoms. The number of sulfonamides is 1. The van der Waals surface area contributed by atoms with Crippen molar-refractivity contribution in [3.8, 4) is 11.9 Å². The van der Waals surface area contributed by atoms with Crippen LogP contribution in [0.3, 0.4) is 0 Å². The van der Waals surface area contributed by atoms with Crippen LogP contribution in [0.5, 0.6) is 11.9 Å². The highest BCUT2D eigenvalue weighted by Crippen LogP contribution is 2.19. The lowest BCUT2D eigenvalue weighted by Gasteiger charge is -2.30. The molecule has 0 radical (unpaired) electrons. The number of rotatable bonds is 4. The van der Waals surface area contributed by atoms with Crippen molar-refractivity contribution in [3.05, 3.63) is 12.3 Å². The van der Waals surface area contributed by atoms with Crippen molar-refractivity contribution in [2.75, 3.05) is 26.5 Å². The Bertz CT molecular complexity index is 534. The maximum atomic E-state index is 11.5. The molecular weight excluding hydrogens is 270 g/mol. The van der Waals surface area contributed by atoms with E-state index in [9.17, 15) is 8.42 Å². The van der Waals surface area contributed by atoms with E-state index < -0.39 is 10.0 Å². The first-order valence-electron chi connectivity index (χ1n) is 5.98. The molecule has 1 aromatic rings. The summed E-state index contributed by atoms with van der Waals surface area (Å²) >= 11 is 0. The van der Waals surface area contributed by atoms with Gasteiger partial charge in [0.05, 0.1) is 19.9 Å². The molecular formula is C11H17N3O4S. The fourth-order valence-corrected chi connectivity index (χ4v) is 2.86. The molecule has 1 atom stereocenters. The molecule has 1 saturated heterocycles. The summed E-state index contributed by atoms with van der Waals surface area (Å²) in [6, 6.07) is 1.86. The molecule has 106 valence electrons. The number of methoxy groups -OCH3 is 1. The second-order valence-corrected chi connectivity index (χ2v) is 6.37. The zero-order valence-corrected chi connectivity index (χ0v) is 11.8. The predicted molar refractivity (Wildman–Crippen MR) is 68.7 cm³/mol. The summed E-state index contributed by atoms with van der Waals surface area (Å²) in [5.74, 6) is 0.396. The Kier molecular flexibility index (Phi) is 4.20. The normalized spacial score (nSPS) is 21.1. The monoisotopic (exact) mass is 287 g/mol. The van der Waals surface area contributed by atoms with Crippen molar-refractivity contribution in [2.24, 2.45) is 0 Å². The van der Waals surface area contributed by atoms with E-state index >= 15 is 0 Å². The van der Waals surface area contributed by atoms with Gasteiger partial charge in [0.1, 0.15) is 6.10 Å². The van der Waals surface area contributed by atoms with Crippen molar-refractivity contribution >= 4 is 10.0 Å². The van der Waals surface area contributed by atoms with E-state index in [4.69, 9.17) is 9.47 Å². The van der Waals surface area contributed by atoms with Gasteiger partial charge in [0, 0.05) is 18.8 Å². The Morgan fingerprint density at radius 2 is 2.26 bits per heavy atom. The summed E-state index contributed by atoms with van der Waals surface area (Å²) in [5.41, 5.74) is 0. The van der Waals surface area contributed by atoms with E-state index in [0.29, 0.717) is 19.0 Å². The minimum absolute atomic E-state index is 0.192. The lowest BCUT2D eigenvalue weighted by molar-refractivity contribution is 0.124. The van der Waals surface area contributed by atoms with Crippen LogP contribution >= 0.6 is 0 Å². The Morgan fingerprint density at radius 1 is 1.47 bits per heavy atom. The molecule has 1 unspecified atom stereocenters. The van der Waals surface area contributed by atoms with Crippen molar-refractivity contribution in [3.63, 3.8) is 0 Å². The van der Waals surface area contributed by atoms with Gasteiger partial charge >= 0.3 is 6.01 Å². The molecule has 2 rings (SSSR count). The van der Waals surface area contributed by atoms with E-state index in [1.807, 2.05) is 0 Å². The molecule has 1 aliphatic heterocycles. The molecule has 0 N–H and O–H groups in total. The van der Waals surface area contributed by atoms with Crippen molar-refractivity contribution in [1.29, 1.82) is 0 Å². The van der Waals surface area contributed by atoms with Crippen LogP contribution in [0, 0.1) is 0 Å². The quantitative estimate of drug-likeness (QED) is 0.791. The smallest absolute Gasteiger partial charge is 0.319 e. The molecule has 2 heterocycles. The number of nitrogens with zero attached hydrogens (tertiary/aromatic N) is 3. The van der Waals surface area contributed by atoms with Gasteiger partial charge in [-0.3, -0.25) is 0 Å². The summed E-state index contributed by atoms with van der Waals surface area (Å²) in [7, 11) is -1.69. The minimum Gasteiger partial charge on any atom is -0.473 e. The van der Waals surface area contributed by atoms with Gasteiger partial charge in [-0.2, -0.15) is 9.29 Å². The highest BCUT2D eigenvalue weighted by atomic mass is 32.2. The topological polar surface area (TPSA) is 81.6 Å². The van der Waals surface area contributed by atoms with Crippen LogP contribution in [0.1, 0.15) is 12.8 Å². The van der Waals surface area contributed by atoms with Crippen LogP contribution in [0.2, 0.25) is 0 Å². The maximum Gasteiger partial charge on any atom is 0.319 e. The molecule has 0 amide bonds. The number of ether oxygens (including phenoxy) is 2. The van der Waals surface area contributed by atoms with Crippen LogP contribution in [0.4, 0.5) is 0 Å². The third kappa shape index (κ3) is 3.77. The fourth-order valence-electron chi connectivity index (χ4n) is 1.96. The first kappa shape index (κ1) is 14.0. The van der Waals surface area contributed by atoms with E-state index in [-0.39, 0.29) is 12.1 Å². The molecule has 0 saturated carbocycles. The van der Waals surface area contributed by atoms with E-state index in [2.05, 4.69) is 9.97 Å². The molecule has 0 bridgehead atoms. The lowest BCUT2D eigenvalue weighted by atomic mass is 10.1. The summed E-state index contributed by atoms with van der Waals surface area (Å²) in [5, 5.41) is 0. The maximum absolute atomic E-state index is 11.5. The average Bonchev–Trinajstić information content (AvgIpc) is 2.38. The Morgan fingerprint density at radius 3 is 2.95 bits per heavy atom. The van der Waals surface area contributed by atoms with Gasteiger partial charge in [-0.1, -0.05) is 0 Å². The zero-order chi connectivity index (χ0) is 13.9. The second kappa shape index (κ2) is 5.70. The predicted octanol–water partition coefficient (Wildman–Crippen LogP) is 0.288. The highest BCUT2D eigenvalue weighted by Gasteiger charge is 2.27. The number of hydrogen-bond acceptors (Lipinski definition) is 6. The minimum atomic E-state index is -3.17. The zero-order valence-electron chi connectivity index (χ0n) is 10.9. The standard InChI is InChI=1S/C11H17N3O4S/c1-17-11-12-6-5-10(13-11)18-9-4-3-7-14(8-9)19(2,15)16/h5-6,9H,3-4,7-8H2,1-2H3. The largest absolute Gasteiger partial charge is 0.473 e. The van der Waals surface area contributed by atoms with Gasteiger partial charge in [-0.05, 0) is 12.8 Å². The second-order valence-electron chi connectivity index (χ2n) is 4.38. The van der Waals surface area contributed by atoms with E-state index in [1.165, 1.54) is 17.7 Å². The van der Waals surface area contributed by atoms with Crippen LogP contribution in [-0.4, -0.2) is 55.3 Å². The summed E-state index contributed by atoms with van der Waals surface area (Å²) < 4.78 is 35.0. The van der Waals surface area contributed by atoms with Gasteiger partial charge in [0.2, 0.25) is 15.9 Å². The van der Waals surface area contributed by atoms with Crippen LogP contribution < -0.4 is 9.47 Å². The molecule has 7 nitrogen and oxygen atoms in total. The van der Waals surface area contributed by atoms with E-state index in [0.717, 1.165) is 12.8 Å². The van der Waals surface area contributed by atoms with Crippen molar-refractivity contribution in [1.82, 2.24) is 14.3 Å². The number of hydrogen-bond donors (Lipinski definition) is 0. The third-order valence-corrected chi connectivity index (χ3v) is 4.16. The van der Waals surface area contributed by atoms with Crippen LogP contribution in [0.25, 0.3) is 0 Å². The SMILES string of the molecule is COc1nccc(OC2CCCN(S(C)(=O)=O)C2)n1. The molecule has 0 spiro atoms. The Hall–Kier alpha value is -1.41. The molecule has 8 heteroatoms. The molecule has 1 fully saturated rings. The Balaban J connectivity index is 2.02. The summed E-state index contributed by atoms with van der Waals surface area (Å²) in [6.07, 6.45) is 4.14. The van der Waals surface area contributed by atoms with Gasteiger partial charge in [-0.15, -0.1) is 0 Å². The number of piperidine rings is 1. The molecule has 1 aromatic heterocycles. The summed E-state index contributed by atoms with van der Waals surface area (Å²) in [4.78, 5) is 7.93. The first-order chi connectivity index (χ1) is 8.99. The highest BCUT2D eigenvalue weighted by molar-refractivity contribution is 7.88.